The first-order valence-corrected chi connectivity index (χ1v) is 10.1. The zero-order valence-corrected chi connectivity index (χ0v) is 15.3. The Hall–Kier alpha value is -2.06. The predicted molar refractivity (Wildman–Crippen MR) is 96.1 cm³/mol. The van der Waals surface area contributed by atoms with Gasteiger partial charge in [-0.05, 0) is 37.1 Å². The molecule has 1 aliphatic heterocycles. The third-order valence-corrected chi connectivity index (χ3v) is 5.88. The Bertz CT molecular complexity index is 867. The number of fused-ring (bicyclic) bond motifs is 1. The van der Waals surface area contributed by atoms with Gasteiger partial charge in [-0.15, -0.1) is 0 Å². The molecule has 1 N–H and O–H groups in total. The normalized spacial score (nSPS) is 16.9. The number of carbonyl (C=O) groups is 1. The van der Waals surface area contributed by atoms with Crippen LogP contribution < -0.4 is 10.1 Å². The molecule has 0 saturated carbocycles. The quantitative estimate of drug-likeness (QED) is 0.863. The minimum Gasteiger partial charge on any atom is -0.497 e. The zero-order valence-electron chi connectivity index (χ0n) is 14.4. The summed E-state index contributed by atoms with van der Waals surface area (Å²) in [5.41, 5.74) is 0.975. The van der Waals surface area contributed by atoms with Crippen molar-refractivity contribution in [2.45, 2.75) is 25.4 Å². The predicted octanol–water partition coefficient (Wildman–Crippen LogP) is 1.19. The summed E-state index contributed by atoms with van der Waals surface area (Å²) < 4.78 is 31.6. The van der Waals surface area contributed by atoms with Crippen molar-refractivity contribution in [3.05, 3.63) is 30.5 Å². The van der Waals surface area contributed by atoms with Crippen LogP contribution in [0.1, 0.15) is 12.8 Å². The van der Waals surface area contributed by atoms with E-state index in [4.69, 9.17) is 4.74 Å². The average molecular weight is 365 g/mol. The number of carbonyl (C=O) groups excluding carboxylic acids is 1. The molecule has 1 aromatic heterocycles. The van der Waals surface area contributed by atoms with Crippen LogP contribution in [-0.4, -0.2) is 55.7 Å². The lowest BCUT2D eigenvalue weighted by molar-refractivity contribution is -0.122. The van der Waals surface area contributed by atoms with E-state index in [0.29, 0.717) is 25.9 Å². The smallest absolute Gasteiger partial charge is 0.240 e. The highest BCUT2D eigenvalue weighted by molar-refractivity contribution is 7.88. The van der Waals surface area contributed by atoms with E-state index in [-0.39, 0.29) is 18.5 Å². The Balaban J connectivity index is 1.58. The fraction of sp³-hybridized carbons (Fsp3) is 0.471. The first-order chi connectivity index (χ1) is 11.9. The molecule has 7 nitrogen and oxygen atoms in total. The summed E-state index contributed by atoms with van der Waals surface area (Å²) in [5, 5.41) is 4.03. The molecule has 1 aliphatic rings. The molecule has 25 heavy (non-hydrogen) atoms. The van der Waals surface area contributed by atoms with E-state index in [2.05, 4.69) is 5.32 Å². The van der Waals surface area contributed by atoms with E-state index in [1.807, 2.05) is 35.0 Å². The Labute approximate surface area is 147 Å². The third kappa shape index (κ3) is 4.13. The van der Waals surface area contributed by atoms with Crippen LogP contribution in [0.4, 0.5) is 0 Å². The van der Waals surface area contributed by atoms with Gasteiger partial charge in [-0.1, -0.05) is 0 Å². The summed E-state index contributed by atoms with van der Waals surface area (Å²) in [6.07, 6.45) is 4.39. The van der Waals surface area contributed by atoms with E-state index >= 15 is 0 Å². The van der Waals surface area contributed by atoms with Crippen LogP contribution in [-0.2, 0) is 21.4 Å². The molecule has 136 valence electrons. The molecule has 2 aromatic rings. The number of nitrogens with one attached hydrogen (secondary N) is 1. The molecule has 3 rings (SSSR count). The highest BCUT2D eigenvalue weighted by atomic mass is 32.2. The molecule has 0 bridgehead atoms. The molecule has 1 fully saturated rings. The topological polar surface area (TPSA) is 80.6 Å². The maximum absolute atomic E-state index is 12.3. The third-order valence-electron chi connectivity index (χ3n) is 4.58. The fourth-order valence-corrected chi connectivity index (χ4v) is 4.08. The molecular weight excluding hydrogens is 342 g/mol. The minimum atomic E-state index is -3.14. The van der Waals surface area contributed by atoms with Crippen molar-refractivity contribution in [2.24, 2.45) is 0 Å². The molecule has 0 radical (unpaired) electrons. The largest absolute Gasteiger partial charge is 0.497 e. The van der Waals surface area contributed by atoms with Gasteiger partial charge in [0.25, 0.3) is 0 Å². The summed E-state index contributed by atoms with van der Waals surface area (Å²) in [7, 11) is -1.52. The van der Waals surface area contributed by atoms with Gasteiger partial charge in [0.15, 0.2) is 0 Å². The summed E-state index contributed by atoms with van der Waals surface area (Å²) in [6, 6.07) is 7.72. The number of rotatable bonds is 5. The average Bonchev–Trinajstić information content (AvgIpc) is 2.96. The molecule has 2 heterocycles. The molecule has 1 amide bonds. The van der Waals surface area contributed by atoms with Gasteiger partial charge in [-0.3, -0.25) is 4.79 Å². The van der Waals surface area contributed by atoms with Crippen LogP contribution in [0, 0.1) is 0 Å². The first-order valence-electron chi connectivity index (χ1n) is 8.24. The number of benzene rings is 1. The van der Waals surface area contributed by atoms with Crippen molar-refractivity contribution in [1.82, 2.24) is 14.2 Å². The van der Waals surface area contributed by atoms with E-state index in [0.717, 1.165) is 16.7 Å². The molecular formula is C17H23N3O4S. The van der Waals surface area contributed by atoms with Crippen LogP contribution in [0.25, 0.3) is 10.9 Å². The number of ether oxygens (including phenoxy) is 1. The van der Waals surface area contributed by atoms with Crippen LogP contribution in [0.15, 0.2) is 30.5 Å². The number of hydrogen-bond donors (Lipinski definition) is 1. The van der Waals surface area contributed by atoms with Crippen molar-refractivity contribution in [2.75, 3.05) is 26.5 Å². The number of nitrogens with zero attached hydrogens (tertiary/aromatic N) is 2. The number of hydrogen-bond acceptors (Lipinski definition) is 4. The minimum absolute atomic E-state index is 0.0208. The maximum Gasteiger partial charge on any atom is 0.240 e. The summed E-state index contributed by atoms with van der Waals surface area (Å²) in [6.45, 7) is 1.15. The molecule has 0 aliphatic carbocycles. The van der Waals surface area contributed by atoms with Gasteiger partial charge in [0.2, 0.25) is 15.9 Å². The molecule has 0 unspecified atom stereocenters. The zero-order chi connectivity index (χ0) is 18.0. The van der Waals surface area contributed by atoms with Crippen LogP contribution >= 0.6 is 0 Å². The van der Waals surface area contributed by atoms with Gasteiger partial charge >= 0.3 is 0 Å². The lowest BCUT2D eigenvalue weighted by Gasteiger charge is -2.30. The monoisotopic (exact) mass is 365 g/mol. The fourth-order valence-electron chi connectivity index (χ4n) is 3.20. The van der Waals surface area contributed by atoms with Gasteiger partial charge in [0.1, 0.15) is 12.3 Å². The van der Waals surface area contributed by atoms with Crippen molar-refractivity contribution < 1.29 is 17.9 Å². The van der Waals surface area contributed by atoms with Gasteiger partial charge in [0, 0.05) is 36.2 Å². The molecule has 1 aromatic carbocycles. The maximum atomic E-state index is 12.3. The van der Waals surface area contributed by atoms with E-state index in [1.165, 1.54) is 10.6 Å². The van der Waals surface area contributed by atoms with E-state index < -0.39 is 10.0 Å². The molecule has 8 heteroatoms. The Morgan fingerprint density at radius 3 is 2.64 bits per heavy atom. The lowest BCUT2D eigenvalue weighted by atomic mass is 10.1. The Kier molecular flexibility index (Phi) is 5.01. The molecule has 1 saturated heterocycles. The van der Waals surface area contributed by atoms with Gasteiger partial charge < -0.3 is 14.6 Å². The number of amides is 1. The number of piperidine rings is 1. The molecule has 0 spiro atoms. The second-order valence-corrected chi connectivity index (χ2v) is 8.35. The first kappa shape index (κ1) is 17.8. The number of methoxy groups -OCH3 is 1. The highest BCUT2D eigenvalue weighted by Gasteiger charge is 2.25. The number of aromatic nitrogens is 1. The van der Waals surface area contributed by atoms with E-state index in [9.17, 15) is 13.2 Å². The highest BCUT2D eigenvalue weighted by Crippen LogP contribution is 2.21. The number of sulfonamides is 1. The summed E-state index contributed by atoms with van der Waals surface area (Å²) in [4.78, 5) is 12.3. The van der Waals surface area contributed by atoms with Crippen molar-refractivity contribution >= 4 is 26.8 Å². The Morgan fingerprint density at radius 2 is 2.00 bits per heavy atom. The van der Waals surface area contributed by atoms with Gasteiger partial charge in [-0.25, -0.2) is 12.7 Å². The second kappa shape index (κ2) is 7.05. The summed E-state index contributed by atoms with van der Waals surface area (Å²) >= 11 is 0. The van der Waals surface area contributed by atoms with E-state index in [1.54, 1.807) is 7.11 Å². The Morgan fingerprint density at radius 1 is 1.28 bits per heavy atom. The molecule has 0 atom stereocenters. The van der Waals surface area contributed by atoms with Crippen LogP contribution in [0.3, 0.4) is 0 Å². The van der Waals surface area contributed by atoms with Gasteiger partial charge in [-0.2, -0.15) is 0 Å². The van der Waals surface area contributed by atoms with Crippen molar-refractivity contribution in [3.63, 3.8) is 0 Å². The lowest BCUT2D eigenvalue weighted by Crippen LogP contribution is -2.46. The van der Waals surface area contributed by atoms with Crippen molar-refractivity contribution in [1.29, 1.82) is 0 Å². The summed E-state index contributed by atoms with van der Waals surface area (Å²) in [5.74, 6) is 0.721. The standard InChI is InChI=1S/C17H23N3O4S/c1-24-15-3-4-16-13(11-15)5-8-19(16)12-17(21)18-14-6-9-20(10-7-14)25(2,22)23/h3-5,8,11,14H,6-7,9-10,12H2,1-2H3,(H,18,21). The van der Waals surface area contributed by atoms with Crippen molar-refractivity contribution in [3.8, 4) is 5.75 Å². The van der Waals surface area contributed by atoms with Gasteiger partial charge in [0.05, 0.1) is 13.4 Å². The van der Waals surface area contributed by atoms with Crippen LogP contribution in [0.2, 0.25) is 0 Å². The van der Waals surface area contributed by atoms with Crippen LogP contribution in [0.5, 0.6) is 5.75 Å². The SMILES string of the molecule is COc1ccc2c(ccn2CC(=O)NC2CCN(S(C)(=O)=O)CC2)c1. The second-order valence-electron chi connectivity index (χ2n) is 6.37.